The molecule has 0 saturated carbocycles. The van der Waals surface area contributed by atoms with Gasteiger partial charge in [0.25, 0.3) is 0 Å². The fraction of sp³-hybridized carbons (Fsp3) is 0.583. The Kier molecular flexibility index (Phi) is 7.11. The normalized spacial score (nSPS) is 12.0. The van der Waals surface area contributed by atoms with Crippen LogP contribution < -0.4 is 5.73 Å². The smallest absolute Gasteiger partial charge is 0.141 e. The summed E-state index contributed by atoms with van der Waals surface area (Å²) in [5.74, 6) is 0.121. The molecular formula is C12H21ClN2O2. The Morgan fingerprint density at radius 2 is 2.12 bits per heavy atom. The summed E-state index contributed by atoms with van der Waals surface area (Å²) in [6.07, 6.45) is 4.45. The molecule has 1 heterocycles. The second kappa shape index (κ2) is 7.48. The van der Waals surface area contributed by atoms with Crippen LogP contribution in [0.3, 0.4) is 0 Å². The van der Waals surface area contributed by atoms with Crippen molar-refractivity contribution in [1.29, 1.82) is 0 Å². The van der Waals surface area contributed by atoms with Crippen LogP contribution in [0.1, 0.15) is 49.0 Å². The zero-order valence-corrected chi connectivity index (χ0v) is 11.1. The van der Waals surface area contributed by atoms with Crippen LogP contribution in [0.25, 0.3) is 0 Å². The lowest BCUT2D eigenvalue weighted by atomic mass is 9.97. The number of aryl methyl sites for hydroxylation is 1. The molecular weight excluding hydrogens is 240 g/mol. The molecule has 0 aliphatic rings. The molecule has 0 aromatic carbocycles. The van der Waals surface area contributed by atoms with Gasteiger partial charge in [0.1, 0.15) is 5.75 Å². The van der Waals surface area contributed by atoms with Gasteiger partial charge in [0.05, 0.1) is 12.3 Å². The maximum absolute atomic E-state index is 9.93. The van der Waals surface area contributed by atoms with Gasteiger partial charge in [0, 0.05) is 23.4 Å². The molecule has 5 heteroatoms. The van der Waals surface area contributed by atoms with E-state index in [0.717, 1.165) is 19.3 Å². The summed E-state index contributed by atoms with van der Waals surface area (Å²) >= 11 is 0. The summed E-state index contributed by atoms with van der Waals surface area (Å²) in [4.78, 5) is 4.01. The average Bonchev–Trinajstić information content (AvgIpc) is 2.29. The molecule has 17 heavy (non-hydrogen) atoms. The molecule has 4 N–H and O–H groups in total. The third kappa shape index (κ3) is 3.84. The highest BCUT2D eigenvalue weighted by molar-refractivity contribution is 5.85. The van der Waals surface area contributed by atoms with Gasteiger partial charge in [0.15, 0.2) is 0 Å². The number of aliphatic hydroxyl groups excluding tert-OH is 1. The van der Waals surface area contributed by atoms with Crippen LogP contribution in [0.2, 0.25) is 0 Å². The molecule has 0 radical (unpaired) electrons. The molecule has 1 rings (SSSR count). The number of nitrogens with two attached hydrogens (primary N) is 1. The van der Waals surface area contributed by atoms with Crippen LogP contribution in [0.15, 0.2) is 6.20 Å². The van der Waals surface area contributed by atoms with Crippen molar-refractivity contribution in [2.75, 3.05) is 0 Å². The van der Waals surface area contributed by atoms with E-state index < -0.39 is 0 Å². The minimum Gasteiger partial charge on any atom is -0.506 e. The summed E-state index contributed by atoms with van der Waals surface area (Å²) in [5, 5.41) is 19.1. The van der Waals surface area contributed by atoms with Gasteiger partial charge in [-0.3, -0.25) is 4.98 Å². The van der Waals surface area contributed by atoms with Crippen LogP contribution >= 0.6 is 12.4 Å². The molecule has 1 atom stereocenters. The van der Waals surface area contributed by atoms with E-state index in [1.54, 1.807) is 13.1 Å². The van der Waals surface area contributed by atoms with E-state index in [1.807, 2.05) is 0 Å². The van der Waals surface area contributed by atoms with Crippen molar-refractivity contribution < 1.29 is 10.2 Å². The Hall–Kier alpha value is -0.840. The predicted molar refractivity (Wildman–Crippen MR) is 70.3 cm³/mol. The maximum Gasteiger partial charge on any atom is 0.141 e. The second-order valence-electron chi connectivity index (χ2n) is 4.04. The Bertz CT molecular complexity index is 359. The minimum absolute atomic E-state index is 0. The third-order valence-electron chi connectivity index (χ3n) is 2.77. The topological polar surface area (TPSA) is 79.4 Å². The Morgan fingerprint density at radius 1 is 1.47 bits per heavy atom. The first-order valence-electron chi connectivity index (χ1n) is 5.65. The summed E-state index contributed by atoms with van der Waals surface area (Å²) in [6, 6.07) is -0.233. The first kappa shape index (κ1) is 16.2. The van der Waals surface area contributed by atoms with Crippen LogP contribution in [0.4, 0.5) is 0 Å². The fourth-order valence-electron chi connectivity index (χ4n) is 1.76. The lowest BCUT2D eigenvalue weighted by Gasteiger charge is -2.17. The molecule has 0 spiro atoms. The number of hydrogen-bond donors (Lipinski definition) is 3. The lowest BCUT2D eigenvalue weighted by Crippen LogP contribution is -2.14. The monoisotopic (exact) mass is 260 g/mol. The van der Waals surface area contributed by atoms with Gasteiger partial charge >= 0.3 is 0 Å². The number of aromatic hydroxyl groups is 1. The van der Waals surface area contributed by atoms with Crippen molar-refractivity contribution in [3.05, 3.63) is 23.0 Å². The van der Waals surface area contributed by atoms with Crippen molar-refractivity contribution in [3.8, 4) is 5.75 Å². The van der Waals surface area contributed by atoms with Gasteiger partial charge in [-0.2, -0.15) is 0 Å². The van der Waals surface area contributed by atoms with Gasteiger partial charge in [-0.15, -0.1) is 12.4 Å². The zero-order chi connectivity index (χ0) is 12.1. The second-order valence-corrected chi connectivity index (χ2v) is 4.04. The number of pyridine rings is 1. The van der Waals surface area contributed by atoms with Gasteiger partial charge in [-0.05, 0) is 13.3 Å². The van der Waals surface area contributed by atoms with Crippen molar-refractivity contribution in [2.45, 2.75) is 45.8 Å². The predicted octanol–water partition coefficient (Wildman–Crippen LogP) is 2.20. The van der Waals surface area contributed by atoms with Crippen molar-refractivity contribution in [3.63, 3.8) is 0 Å². The Morgan fingerprint density at radius 3 is 2.65 bits per heavy atom. The summed E-state index contributed by atoms with van der Waals surface area (Å²) in [6.45, 7) is 3.68. The highest BCUT2D eigenvalue weighted by Gasteiger charge is 2.17. The van der Waals surface area contributed by atoms with E-state index in [1.165, 1.54) is 0 Å². The van der Waals surface area contributed by atoms with Crippen LogP contribution in [0.5, 0.6) is 5.75 Å². The first-order valence-corrected chi connectivity index (χ1v) is 5.65. The van der Waals surface area contributed by atoms with Gasteiger partial charge < -0.3 is 15.9 Å². The number of nitrogens with zero attached hydrogens (tertiary/aromatic N) is 1. The number of aromatic nitrogens is 1. The van der Waals surface area contributed by atoms with E-state index in [2.05, 4.69) is 11.9 Å². The third-order valence-corrected chi connectivity index (χ3v) is 2.77. The van der Waals surface area contributed by atoms with Crippen LogP contribution in [-0.2, 0) is 6.61 Å². The zero-order valence-electron chi connectivity index (χ0n) is 10.3. The number of rotatable bonds is 5. The van der Waals surface area contributed by atoms with E-state index in [9.17, 15) is 10.2 Å². The lowest BCUT2D eigenvalue weighted by molar-refractivity contribution is 0.277. The van der Waals surface area contributed by atoms with Crippen molar-refractivity contribution >= 4 is 12.4 Å². The van der Waals surface area contributed by atoms with Gasteiger partial charge in [-0.1, -0.05) is 19.8 Å². The quantitative estimate of drug-likeness (QED) is 0.758. The molecule has 1 aromatic rings. The van der Waals surface area contributed by atoms with E-state index in [0.29, 0.717) is 16.8 Å². The molecule has 0 aliphatic carbocycles. The van der Waals surface area contributed by atoms with E-state index >= 15 is 0 Å². The average molecular weight is 261 g/mol. The van der Waals surface area contributed by atoms with E-state index in [4.69, 9.17) is 5.73 Å². The largest absolute Gasteiger partial charge is 0.506 e. The Balaban J connectivity index is 0.00000256. The number of aliphatic hydroxyl groups is 1. The molecule has 0 bridgehead atoms. The van der Waals surface area contributed by atoms with Gasteiger partial charge in [0.2, 0.25) is 0 Å². The minimum atomic E-state index is -0.233. The number of unbranched alkanes of at least 4 members (excludes halogenated alkanes) is 1. The SMILES string of the molecule is CCCC[C@@H](N)c1c(CO)cnc(C)c1O.Cl. The molecule has 98 valence electrons. The Labute approximate surface area is 108 Å². The van der Waals surface area contributed by atoms with E-state index in [-0.39, 0.29) is 30.8 Å². The molecule has 0 unspecified atom stereocenters. The fourth-order valence-corrected chi connectivity index (χ4v) is 1.76. The van der Waals surface area contributed by atoms with Gasteiger partial charge in [-0.25, -0.2) is 0 Å². The summed E-state index contributed by atoms with van der Waals surface area (Å²) < 4.78 is 0. The summed E-state index contributed by atoms with van der Waals surface area (Å²) in [7, 11) is 0. The molecule has 0 aliphatic heterocycles. The standard InChI is InChI=1S/C12H20N2O2.ClH/c1-3-4-5-10(13)11-9(7-15)6-14-8(2)12(11)16;/h6,10,15-16H,3-5,7,13H2,1-2H3;1H/t10-;/m1./s1. The molecule has 4 nitrogen and oxygen atoms in total. The van der Waals surface area contributed by atoms with Crippen LogP contribution in [0, 0.1) is 6.92 Å². The van der Waals surface area contributed by atoms with Crippen molar-refractivity contribution in [1.82, 2.24) is 4.98 Å². The summed E-state index contributed by atoms with van der Waals surface area (Å²) in [5.41, 5.74) is 7.84. The molecule has 1 aromatic heterocycles. The number of hydrogen-bond acceptors (Lipinski definition) is 4. The van der Waals surface area contributed by atoms with Crippen molar-refractivity contribution in [2.24, 2.45) is 5.73 Å². The molecule has 0 amide bonds. The first-order chi connectivity index (χ1) is 7.61. The maximum atomic E-state index is 9.93. The highest BCUT2D eigenvalue weighted by atomic mass is 35.5. The molecule has 0 fully saturated rings. The highest BCUT2D eigenvalue weighted by Crippen LogP contribution is 2.31. The van der Waals surface area contributed by atoms with Crippen LogP contribution in [-0.4, -0.2) is 15.2 Å². The molecule has 0 saturated heterocycles. The number of halogens is 1.